The van der Waals surface area contributed by atoms with E-state index in [1.165, 1.54) is 0 Å². The lowest BCUT2D eigenvalue weighted by Crippen LogP contribution is -2.07. The van der Waals surface area contributed by atoms with E-state index in [0.717, 1.165) is 22.4 Å². The molecule has 20 heavy (non-hydrogen) atoms. The Hall–Kier alpha value is -2.29. The zero-order valence-electron chi connectivity index (χ0n) is 11.7. The maximum absolute atomic E-state index is 11.0. The number of carbonyl (C=O) groups is 1. The molecule has 1 atom stereocenters. The smallest absolute Gasteiger partial charge is 0.310 e. The van der Waals surface area contributed by atoms with E-state index in [4.69, 9.17) is 9.84 Å². The van der Waals surface area contributed by atoms with Crippen LogP contribution in [0.5, 0.6) is 5.75 Å². The van der Waals surface area contributed by atoms with Gasteiger partial charge in [-0.05, 0) is 42.7 Å². The molecule has 3 heteroatoms. The highest BCUT2D eigenvalue weighted by Gasteiger charge is 2.13. The van der Waals surface area contributed by atoms with Gasteiger partial charge in [0.05, 0.1) is 12.5 Å². The summed E-state index contributed by atoms with van der Waals surface area (Å²) in [5, 5.41) is 9.08. The molecular formula is C17H18O3. The number of rotatable bonds is 5. The third-order valence-electron chi connectivity index (χ3n) is 3.26. The molecule has 0 saturated heterocycles. The van der Waals surface area contributed by atoms with Crippen LogP contribution >= 0.6 is 0 Å². The first-order valence-corrected chi connectivity index (χ1v) is 6.68. The quantitative estimate of drug-likeness (QED) is 0.895. The van der Waals surface area contributed by atoms with Gasteiger partial charge in [0.1, 0.15) is 5.75 Å². The summed E-state index contributed by atoms with van der Waals surface area (Å²) in [4.78, 5) is 11.0. The number of carboxylic acid groups (broad SMARTS) is 1. The molecule has 0 aliphatic heterocycles. The van der Waals surface area contributed by atoms with Crippen molar-refractivity contribution in [1.29, 1.82) is 0 Å². The maximum Gasteiger partial charge on any atom is 0.310 e. The first-order valence-electron chi connectivity index (χ1n) is 6.68. The monoisotopic (exact) mass is 270 g/mol. The molecule has 1 unspecified atom stereocenters. The van der Waals surface area contributed by atoms with Crippen LogP contribution < -0.4 is 4.74 Å². The zero-order valence-corrected chi connectivity index (χ0v) is 11.7. The Morgan fingerprint density at radius 3 is 2.45 bits per heavy atom. The average Bonchev–Trinajstić information content (AvgIpc) is 2.47. The van der Waals surface area contributed by atoms with Gasteiger partial charge in [0.2, 0.25) is 0 Å². The fourth-order valence-electron chi connectivity index (χ4n) is 2.04. The van der Waals surface area contributed by atoms with E-state index in [-0.39, 0.29) is 0 Å². The van der Waals surface area contributed by atoms with Crippen molar-refractivity contribution in [3.8, 4) is 16.9 Å². The van der Waals surface area contributed by atoms with Gasteiger partial charge in [-0.2, -0.15) is 0 Å². The summed E-state index contributed by atoms with van der Waals surface area (Å²) < 4.78 is 5.41. The first kappa shape index (κ1) is 14.1. The lowest BCUT2D eigenvalue weighted by Gasteiger charge is -2.10. The summed E-state index contributed by atoms with van der Waals surface area (Å²) in [7, 11) is 0. The van der Waals surface area contributed by atoms with Gasteiger partial charge < -0.3 is 9.84 Å². The minimum Gasteiger partial charge on any atom is -0.494 e. The lowest BCUT2D eigenvalue weighted by molar-refractivity contribution is -0.138. The van der Waals surface area contributed by atoms with E-state index in [2.05, 4.69) is 0 Å². The van der Waals surface area contributed by atoms with Crippen LogP contribution in [0.2, 0.25) is 0 Å². The molecule has 2 rings (SSSR count). The molecule has 0 bridgehead atoms. The Labute approximate surface area is 118 Å². The summed E-state index contributed by atoms with van der Waals surface area (Å²) in [6.07, 6.45) is 0. The van der Waals surface area contributed by atoms with Gasteiger partial charge in [-0.25, -0.2) is 0 Å². The first-order chi connectivity index (χ1) is 9.61. The number of hydrogen-bond acceptors (Lipinski definition) is 2. The van der Waals surface area contributed by atoms with Crippen LogP contribution in [0, 0.1) is 0 Å². The van der Waals surface area contributed by atoms with E-state index < -0.39 is 11.9 Å². The largest absolute Gasteiger partial charge is 0.494 e. The second-order valence-corrected chi connectivity index (χ2v) is 4.64. The highest BCUT2D eigenvalue weighted by Crippen LogP contribution is 2.26. The van der Waals surface area contributed by atoms with E-state index >= 15 is 0 Å². The Kier molecular flexibility index (Phi) is 4.41. The van der Waals surface area contributed by atoms with E-state index in [0.29, 0.717) is 6.61 Å². The van der Waals surface area contributed by atoms with Gasteiger partial charge in [-0.15, -0.1) is 0 Å². The van der Waals surface area contributed by atoms with Gasteiger partial charge in [-0.3, -0.25) is 4.79 Å². The molecule has 0 amide bonds. The maximum atomic E-state index is 11.0. The Morgan fingerprint density at radius 1 is 1.15 bits per heavy atom. The van der Waals surface area contributed by atoms with Crippen molar-refractivity contribution in [1.82, 2.24) is 0 Å². The molecule has 0 aliphatic rings. The molecule has 0 heterocycles. The van der Waals surface area contributed by atoms with E-state index in [9.17, 15) is 4.79 Å². The lowest BCUT2D eigenvalue weighted by atomic mass is 9.96. The predicted molar refractivity (Wildman–Crippen MR) is 79.1 cm³/mol. The van der Waals surface area contributed by atoms with Gasteiger partial charge in [-0.1, -0.05) is 36.4 Å². The van der Waals surface area contributed by atoms with Crippen LogP contribution in [0.15, 0.2) is 48.5 Å². The molecule has 0 aliphatic carbocycles. The van der Waals surface area contributed by atoms with Crippen molar-refractivity contribution >= 4 is 5.97 Å². The minimum absolute atomic E-state index is 0.502. The summed E-state index contributed by atoms with van der Waals surface area (Å²) in [6.45, 7) is 4.29. The third kappa shape index (κ3) is 3.18. The van der Waals surface area contributed by atoms with Crippen LogP contribution in [0.3, 0.4) is 0 Å². The predicted octanol–water partition coefficient (Wildman–Crippen LogP) is 3.94. The van der Waals surface area contributed by atoms with Crippen molar-refractivity contribution in [3.63, 3.8) is 0 Å². The molecule has 3 nitrogen and oxygen atoms in total. The van der Waals surface area contributed by atoms with Gasteiger partial charge in [0, 0.05) is 0 Å². The van der Waals surface area contributed by atoms with Crippen LogP contribution in [0.4, 0.5) is 0 Å². The summed E-state index contributed by atoms with van der Waals surface area (Å²) in [5.74, 6) is -0.474. The number of carboxylic acids is 1. The second kappa shape index (κ2) is 6.24. The summed E-state index contributed by atoms with van der Waals surface area (Å²) in [6, 6.07) is 15.4. The molecule has 2 aromatic carbocycles. The summed E-state index contributed by atoms with van der Waals surface area (Å²) in [5.41, 5.74) is 2.87. The highest BCUT2D eigenvalue weighted by molar-refractivity contribution is 5.76. The van der Waals surface area contributed by atoms with E-state index in [1.54, 1.807) is 6.92 Å². The Balaban J connectivity index is 2.28. The number of ether oxygens (including phenoxy) is 1. The zero-order chi connectivity index (χ0) is 14.5. The van der Waals surface area contributed by atoms with Crippen LogP contribution in [-0.2, 0) is 4.79 Å². The van der Waals surface area contributed by atoms with E-state index in [1.807, 2.05) is 55.5 Å². The van der Waals surface area contributed by atoms with Crippen molar-refractivity contribution in [3.05, 3.63) is 54.1 Å². The van der Waals surface area contributed by atoms with Crippen LogP contribution in [0.25, 0.3) is 11.1 Å². The minimum atomic E-state index is -0.811. The molecule has 0 saturated carbocycles. The molecule has 2 aromatic rings. The van der Waals surface area contributed by atoms with Crippen molar-refractivity contribution in [2.45, 2.75) is 19.8 Å². The standard InChI is InChI=1S/C17H18O3/c1-3-20-16-9-7-13(8-10-16)15-6-4-5-14(11-15)12(2)17(18)19/h4-12H,3H2,1-2H3,(H,18,19). The molecular weight excluding hydrogens is 252 g/mol. The van der Waals surface area contributed by atoms with Crippen molar-refractivity contribution in [2.24, 2.45) is 0 Å². The van der Waals surface area contributed by atoms with Gasteiger partial charge in [0.25, 0.3) is 0 Å². The topological polar surface area (TPSA) is 46.5 Å². The van der Waals surface area contributed by atoms with Crippen LogP contribution in [-0.4, -0.2) is 17.7 Å². The second-order valence-electron chi connectivity index (χ2n) is 4.64. The Bertz CT molecular complexity index is 587. The average molecular weight is 270 g/mol. The molecule has 104 valence electrons. The molecule has 0 radical (unpaired) electrons. The number of hydrogen-bond donors (Lipinski definition) is 1. The number of benzene rings is 2. The Morgan fingerprint density at radius 2 is 1.85 bits per heavy atom. The van der Waals surface area contributed by atoms with Crippen molar-refractivity contribution in [2.75, 3.05) is 6.61 Å². The molecule has 0 fully saturated rings. The fourth-order valence-corrected chi connectivity index (χ4v) is 2.04. The normalized spacial score (nSPS) is 11.9. The molecule has 0 spiro atoms. The van der Waals surface area contributed by atoms with Gasteiger partial charge >= 0.3 is 5.97 Å². The molecule has 1 N–H and O–H groups in total. The number of aliphatic carboxylic acids is 1. The third-order valence-corrected chi connectivity index (χ3v) is 3.26. The highest BCUT2D eigenvalue weighted by atomic mass is 16.5. The fraction of sp³-hybridized carbons (Fsp3) is 0.235. The molecule has 0 aromatic heterocycles. The summed E-state index contributed by atoms with van der Waals surface area (Å²) >= 11 is 0. The van der Waals surface area contributed by atoms with Crippen LogP contribution in [0.1, 0.15) is 25.3 Å². The van der Waals surface area contributed by atoms with Crippen molar-refractivity contribution < 1.29 is 14.6 Å². The SMILES string of the molecule is CCOc1ccc(-c2cccc(C(C)C(=O)O)c2)cc1. The van der Waals surface area contributed by atoms with Gasteiger partial charge in [0.15, 0.2) is 0 Å².